The molecule has 1 atom stereocenters. The summed E-state index contributed by atoms with van der Waals surface area (Å²) in [4.78, 5) is 18.1. The summed E-state index contributed by atoms with van der Waals surface area (Å²) in [5.74, 6) is 0.741. The van der Waals surface area contributed by atoms with Crippen LogP contribution in [0.15, 0.2) is 17.8 Å². The number of hydrogen-bond acceptors (Lipinski definition) is 6. The first-order valence-corrected chi connectivity index (χ1v) is 6.37. The molecule has 0 aliphatic carbocycles. The second kappa shape index (κ2) is 4.83. The maximum absolute atomic E-state index is 5.28. The van der Waals surface area contributed by atoms with Crippen LogP contribution in [0.4, 0.5) is 5.82 Å². The van der Waals surface area contributed by atoms with Crippen molar-refractivity contribution in [1.82, 2.24) is 19.5 Å². The van der Waals surface area contributed by atoms with E-state index in [4.69, 9.17) is 4.84 Å². The van der Waals surface area contributed by atoms with E-state index in [0.29, 0.717) is 6.54 Å². The van der Waals surface area contributed by atoms with Gasteiger partial charge in [0.25, 0.3) is 0 Å². The summed E-state index contributed by atoms with van der Waals surface area (Å²) in [5, 5.41) is 7.20. The van der Waals surface area contributed by atoms with Crippen LogP contribution in [0.5, 0.6) is 0 Å². The van der Waals surface area contributed by atoms with E-state index in [0.717, 1.165) is 35.7 Å². The zero-order chi connectivity index (χ0) is 13.2. The molecule has 0 saturated heterocycles. The number of fused-ring (bicyclic) bond motifs is 1. The number of oxime groups is 1. The lowest BCUT2D eigenvalue weighted by atomic mass is 10.2. The number of hydrogen-bond donors (Lipinski definition) is 1. The molecule has 1 unspecified atom stereocenters. The first kappa shape index (κ1) is 11.9. The highest BCUT2D eigenvalue weighted by Gasteiger charge is 2.18. The van der Waals surface area contributed by atoms with Crippen molar-refractivity contribution in [3.63, 3.8) is 0 Å². The van der Waals surface area contributed by atoms with Gasteiger partial charge in [-0.25, -0.2) is 15.0 Å². The van der Waals surface area contributed by atoms with Gasteiger partial charge in [0, 0.05) is 13.0 Å². The predicted molar refractivity (Wildman–Crippen MR) is 72.1 cm³/mol. The van der Waals surface area contributed by atoms with Gasteiger partial charge in [-0.15, -0.1) is 0 Å². The van der Waals surface area contributed by atoms with E-state index in [2.05, 4.69) is 32.3 Å². The standard InChI is InChI=1S/C12H16N6O/c1-3-18-7-16-10-11(14-6-15-12(10)18)13-5-9-4-8(2)17-19-9/h6-7,9H,3-5H2,1-2H3,(H,13,14,15). The second-order valence-corrected chi connectivity index (χ2v) is 4.56. The van der Waals surface area contributed by atoms with Crippen molar-refractivity contribution in [3.8, 4) is 0 Å². The molecule has 3 rings (SSSR count). The van der Waals surface area contributed by atoms with Crippen molar-refractivity contribution in [2.75, 3.05) is 11.9 Å². The minimum absolute atomic E-state index is 0.0678. The van der Waals surface area contributed by atoms with E-state index in [1.165, 1.54) is 0 Å². The molecule has 19 heavy (non-hydrogen) atoms. The molecule has 7 nitrogen and oxygen atoms in total. The van der Waals surface area contributed by atoms with Gasteiger partial charge in [0.05, 0.1) is 18.6 Å². The first-order valence-electron chi connectivity index (χ1n) is 6.37. The Kier molecular flexibility index (Phi) is 3.02. The molecule has 0 fully saturated rings. The Balaban J connectivity index is 1.76. The molecule has 0 radical (unpaired) electrons. The van der Waals surface area contributed by atoms with E-state index < -0.39 is 0 Å². The third kappa shape index (κ3) is 2.23. The van der Waals surface area contributed by atoms with Crippen LogP contribution < -0.4 is 5.32 Å². The number of aromatic nitrogens is 4. The van der Waals surface area contributed by atoms with Crippen LogP contribution in [0.2, 0.25) is 0 Å². The van der Waals surface area contributed by atoms with Crippen LogP contribution in [-0.4, -0.2) is 37.9 Å². The number of anilines is 1. The Morgan fingerprint density at radius 2 is 2.32 bits per heavy atom. The lowest BCUT2D eigenvalue weighted by molar-refractivity contribution is 0.0949. The Morgan fingerprint density at radius 3 is 3.05 bits per heavy atom. The largest absolute Gasteiger partial charge is 0.390 e. The summed E-state index contributed by atoms with van der Waals surface area (Å²) in [6, 6.07) is 0. The third-order valence-electron chi connectivity index (χ3n) is 3.12. The molecule has 100 valence electrons. The molecule has 0 aromatic carbocycles. The third-order valence-corrected chi connectivity index (χ3v) is 3.12. The fourth-order valence-corrected chi connectivity index (χ4v) is 2.13. The predicted octanol–water partition coefficient (Wildman–Crippen LogP) is 1.42. The number of imidazole rings is 1. The van der Waals surface area contributed by atoms with Gasteiger partial charge >= 0.3 is 0 Å². The van der Waals surface area contributed by atoms with Crippen LogP contribution in [-0.2, 0) is 11.4 Å². The highest BCUT2D eigenvalue weighted by Crippen LogP contribution is 2.18. The van der Waals surface area contributed by atoms with Crippen molar-refractivity contribution in [2.24, 2.45) is 5.16 Å². The number of nitrogens with zero attached hydrogens (tertiary/aromatic N) is 5. The molecule has 0 amide bonds. The zero-order valence-electron chi connectivity index (χ0n) is 11.0. The van der Waals surface area contributed by atoms with Crippen LogP contribution in [0, 0.1) is 0 Å². The van der Waals surface area contributed by atoms with Crippen molar-refractivity contribution < 1.29 is 4.84 Å². The van der Waals surface area contributed by atoms with Gasteiger partial charge < -0.3 is 14.7 Å². The number of aryl methyl sites for hydroxylation is 1. The average molecular weight is 260 g/mol. The molecule has 1 N–H and O–H groups in total. The molecular weight excluding hydrogens is 244 g/mol. The summed E-state index contributed by atoms with van der Waals surface area (Å²) in [5.41, 5.74) is 2.66. The summed E-state index contributed by atoms with van der Waals surface area (Å²) < 4.78 is 1.99. The molecule has 1 aliphatic heterocycles. The minimum Gasteiger partial charge on any atom is -0.390 e. The summed E-state index contributed by atoms with van der Waals surface area (Å²) >= 11 is 0. The van der Waals surface area contributed by atoms with Gasteiger partial charge in [-0.2, -0.15) is 0 Å². The molecule has 3 heterocycles. The van der Waals surface area contributed by atoms with Crippen LogP contribution in [0.1, 0.15) is 20.3 Å². The van der Waals surface area contributed by atoms with Gasteiger partial charge in [0.15, 0.2) is 11.5 Å². The molecule has 2 aromatic rings. The van der Waals surface area contributed by atoms with E-state index in [1.54, 1.807) is 12.7 Å². The van der Waals surface area contributed by atoms with E-state index >= 15 is 0 Å². The molecule has 0 saturated carbocycles. The first-order chi connectivity index (χ1) is 9.28. The zero-order valence-corrected chi connectivity index (χ0v) is 11.0. The van der Waals surface area contributed by atoms with Crippen molar-refractivity contribution in [2.45, 2.75) is 32.9 Å². The fourth-order valence-electron chi connectivity index (χ4n) is 2.13. The average Bonchev–Trinajstić information content (AvgIpc) is 3.02. The molecule has 2 aromatic heterocycles. The Hall–Kier alpha value is -2.18. The normalized spacial score (nSPS) is 18.4. The summed E-state index contributed by atoms with van der Waals surface area (Å²) in [7, 11) is 0. The SMILES string of the molecule is CCn1cnc2c(NCC3CC(C)=NO3)ncnc21. The molecule has 1 aliphatic rings. The van der Waals surface area contributed by atoms with Crippen molar-refractivity contribution >= 4 is 22.7 Å². The number of rotatable bonds is 4. The van der Waals surface area contributed by atoms with Crippen LogP contribution >= 0.6 is 0 Å². The van der Waals surface area contributed by atoms with E-state index in [9.17, 15) is 0 Å². The fraction of sp³-hybridized carbons (Fsp3) is 0.500. The monoisotopic (exact) mass is 260 g/mol. The Morgan fingerprint density at radius 1 is 1.42 bits per heavy atom. The van der Waals surface area contributed by atoms with E-state index in [-0.39, 0.29) is 6.10 Å². The van der Waals surface area contributed by atoms with E-state index in [1.807, 2.05) is 11.5 Å². The van der Waals surface area contributed by atoms with Gasteiger partial charge in [0.2, 0.25) is 0 Å². The van der Waals surface area contributed by atoms with Crippen LogP contribution in [0.3, 0.4) is 0 Å². The maximum Gasteiger partial charge on any atom is 0.165 e. The highest BCUT2D eigenvalue weighted by molar-refractivity contribution is 5.84. The highest BCUT2D eigenvalue weighted by atomic mass is 16.6. The minimum atomic E-state index is 0.0678. The number of nitrogens with one attached hydrogen (secondary N) is 1. The lowest BCUT2D eigenvalue weighted by Crippen LogP contribution is -2.20. The van der Waals surface area contributed by atoms with Gasteiger partial charge in [-0.1, -0.05) is 5.16 Å². The summed E-state index contributed by atoms with van der Waals surface area (Å²) in [6.07, 6.45) is 4.25. The second-order valence-electron chi connectivity index (χ2n) is 4.56. The maximum atomic E-state index is 5.28. The molecule has 0 bridgehead atoms. The van der Waals surface area contributed by atoms with Crippen LogP contribution in [0.25, 0.3) is 11.2 Å². The molecule has 0 spiro atoms. The smallest absolute Gasteiger partial charge is 0.165 e. The summed E-state index contributed by atoms with van der Waals surface area (Å²) in [6.45, 7) is 5.52. The quantitative estimate of drug-likeness (QED) is 0.899. The van der Waals surface area contributed by atoms with Gasteiger partial charge in [-0.05, 0) is 13.8 Å². The van der Waals surface area contributed by atoms with Gasteiger partial charge in [-0.3, -0.25) is 0 Å². The Labute approximate surface area is 110 Å². The topological polar surface area (TPSA) is 77.2 Å². The van der Waals surface area contributed by atoms with Crippen molar-refractivity contribution in [1.29, 1.82) is 0 Å². The molecule has 7 heteroatoms. The Bertz CT molecular complexity index is 620. The molecular formula is C12H16N6O. The van der Waals surface area contributed by atoms with Gasteiger partial charge in [0.1, 0.15) is 17.9 Å². The lowest BCUT2D eigenvalue weighted by Gasteiger charge is -2.10. The van der Waals surface area contributed by atoms with Crippen molar-refractivity contribution in [3.05, 3.63) is 12.7 Å².